The van der Waals surface area contributed by atoms with Crippen molar-refractivity contribution < 1.29 is 9.47 Å². The van der Waals surface area contributed by atoms with Crippen LogP contribution in [-0.2, 0) is 6.54 Å². The van der Waals surface area contributed by atoms with E-state index in [9.17, 15) is 0 Å². The molecule has 18 heavy (non-hydrogen) atoms. The van der Waals surface area contributed by atoms with Gasteiger partial charge in [-0.2, -0.15) is 0 Å². The highest BCUT2D eigenvalue weighted by Crippen LogP contribution is 2.36. The molecule has 0 heterocycles. The summed E-state index contributed by atoms with van der Waals surface area (Å²) in [7, 11) is 1.65. The van der Waals surface area contributed by atoms with Crippen molar-refractivity contribution in [3.63, 3.8) is 0 Å². The number of hydrogen-bond acceptors (Lipinski definition) is 3. The third kappa shape index (κ3) is 3.50. The van der Waals surface area contributed by atoms with Crippen molar-refractivity contribution in [1.29, 1.82) is 0 Å². The van der Waals surface area contributed by atoms with Gasteiger partial charge in [0.1, 0.15) is 6.61 Å². The average molecular weight is 312 g/mol. The fourth-order valence-corrected chi connectivity index (χ4v) is 2.31. The Balaban J connectivity index is 2.12. The van der Waals surface area contributed by atoms with Gasteiger partial charge in [0.15, 0.2) is 11.5 Å². The highest BCUT2D eigenvalue weighted by atomic mass is 79.9. The molecular weight excluding hydrogens is 294 g/mol. The third-order valence-electron chi connectivity index (χ3n) is 2.81. The van der Waals surface area contributed by atoms with Gasteiger partial charge in [-0.05, 0) is 46.5 Å². The van der Waals surface area contributed by atoms with Crippen molar-refractivity contribution in [3.05, 3.63) is 34.8 Å². The zero-order valence-electron chi connectivity index (χ0n) is 10.5. The normalized spacial score (nSPS) is 14.3. The lowest BCUT2D eigenvalue weighted by atomic mass is 10.2. The molecule has 1 N–H and O–H groups in total. The number of hydrogen-bond donors (Lipinski definition) is 1. The van der Waals surface area contributed by atoms with Crippen molar-refractivity contribution >= 4 is 15.9 Å². The number of methoxy groups -OCH3 is 1. The molecule has 1 aliphatic carbocycles. The maximum absolute atomic E-state index is 5.59. The van der Waals surface area contributed by atoms with Gasteiger partial charge in [0, 0.05) is 12.6 Å². The second-order valence-corrected chi connectivity index (χ2v) is 5.22. The molecule has 0 radical (unpaired) electrons. The molecule has 98 valence electrons. The summed E-state index contributed by atoms with van der Waals surface area (Å²) < 4.78 is 11.9. The zero-order valence-corrected chi connectivity index (χ0v) is 12.1. The summed E-state index contributed by atoms with van der Waals surface area (Å²) in [6, 6.07) is 4.78. The van der Waals surface area contributed by atoms with Crippen molar-refractivity contribution in [3.8, 4) is 11.5 Å². The molecular formula is C14H18BrNO2. The van der Waals surface area contributed by atoms with Crippen LogP contribution in [0.25, 0.3) is 0 Å². The highest BCUT2D eigenvalue weighted by molar-refractivity contribution is 9.10. The molecule has 0 spiro atoms. The lowest BCUT2D eigenvalue weighted by molar-refractivity contribution is 0.324. The first-order valence-electron chi connectivity index (χ1n) is 6.08. The Kier molecular flexibility index (Phi) is 4.66. The van der Waals surface area contributed by atoms with Crippen LogP contribution in [0.4, 0.5) is 0 Å². The molecule has 1 aromatic carbocycles. The van der Waals surface area contributed by atoms with Gasteiger partial charge >= 0.3 is 0 Å². The lowest BCUT2D eigenvalue weighted by Crippen LogP contribution is -2.15. The van der Waals surface area contributed by atoms with Gasteiger partial charge in [-0.15, -0.1) is 0 Å². The van der Waals surface area contributed by atoms with Crippen LogP contribution in [0, 0.1) is 0 Å². The van der Waals surface area contributed by atoms with Crippen LogP contribution in [-0.4, -0.2) is 19.8 Å². The molecule has 3 nitrogen and oxygen atoms in total. The van der Waals surface area contributed by atoms with E-state index in [-0.39, 0.29) is 0 Å². The fourth-order valence-electron chi connectivity index (χ4n) is 1.71. The Bertz CT molecular complexity index is 430. The number of benzene rings is 1. The van der Waals surface area contributed by atoms with E-state index in [1.54, 1.807) is 13.2 Å². The smallest absolute Gasteiger partial charge is 0.175 e. The first-order valence-corrected chi connectivity index (χ1v) is 6.87. The van der Waals surface area contributed by atoms with E-state index in [4.69, 9.17) is 9.47 Å². The molecule has 0 saturated heterocycles. The Labute approximate surface area is 116 Å². The Morgan fingerprint density at radius 2 is 2.28 bits per heavy atom. The first-order chi connectivity index (χ1) is 8.74. The molecule has 1 saturated carbocycles. The van der Waals surface area contributed by atoms with Gasteiger partial charge in [0.05, 0.1) is 11.6 Å². The quantitative estimate of drug-likeness (QED) is 0.784. The molecule has 0 unspecified atom stereocenters. The van der Waals surface area contributed by atoms with Crippen molar-refractivity contribution in [2.75, 3.05) is 13.7 Å². The predicted molar refractivity (Wildman–Crippen MR) is 76.2 cm³/mol. The minimum atomic E-state index is 0.467. The predicted octanol–water partition coefficient (Wildman–Crippen LogP) is 3.27. The average Bonchev–Trinajstić information content (AvgIpc) is 3.18. The van der Waals surface area contributed by atoms with Crippen LogP contribution in [0.15, 0.2) is 29.3 Å². The molecule has 0 aromatic heterocycles. The van der Waals surface area contributed by atoms with Gasteiger partial charge in [-0.25, -0.2) is 0 Å². The Morgan fingerprint density at radius 1 is 1.50 bits per heavy atom. The van der Waals surface area contributed by atoms with Crippen molar-refractivity contribution in [2.45, 2.75) is 25.4 Å². The lowest BCUT2D eigenvalue weighted by Gasteiger charge is -2.13. The summed E-state index contributed by atoms with van der Waals surface area (Å²) >= 11 is 3.52. The SMILES string of the molecule is C=CCOc1c(Br)cc(CNC2CC2)cc1OC. The van der Waals surface area contributed by atoms with E-state index in [0.29, 0.717) is 12.6 Å². The molecule has 0 bridgehead atoms. The molecule has 1 fully saturated rings. The largest absolute Gasteiger partial charge is 0.493 e. The van der Waals surface area contributed by atoms with Gasteiger partial charge < -0.3 is 14.8 Å². The maximum atomic E-state index is 5.59. The Hall–Kier alpha value is -1.00. The van der Waals surface area contributed by atoms with E-state index in [0.717, 1.165) is 22.5 Å². The van der Waals surface area contributed by atoms with Crippen LogP contribution >= 0.6 is 15.9 Å². The Morgan fingerprint density at radius 3 is 2.89 bits per heavy atom. The van der Waals surface area contributed by atoms with Gasteiger partial charge in [-0.1, -0.05) is 12.7 Å². The van der Waals surface area contributed by atoms with E-state index in [1.165, 1.54) is 18.4 Å². The molecule has 2 rings (SSSR count). The maximum Gasteiger partial charge on any atom is 0.175 e. The molecule has 1 aliphatic rings. The van der Waals surface area contributed by atoms with E-state index in [1.807, 2.05) is 6.07 Å². The second-order valence-electron chi connectivity index (χ2n) is 4.36. The van der Waals surface area contributed by atoms with E-state index < -0.39 is 0 Å². The molecule has 0 atom stereocenters. The number of nitrogens with one attached hydrogen (secondary N) is 1. The minimum Gasteiger partial charge on any atom is -0.493 e. The summed E-state index contributed by atoms with van der Waals surface area (Å²) in [5.41, 5.74) is 1.19. The first kappa shape index (κ1) is 13.4. The number of halogens is 1. The third-order valence-corrected chi connectivity index (χ3v) is 3.40. The highest BCUT2D eigenvalue weighted by Gasteiger charge is 2.20. The number of ether oxygens (including phenoxy) is 2. The van der Waals surface area contributed by atoms with Gasteiger partial charge in [0.25, 0.3) is 0 Å². The summed E-state index contributed by atoms with van der Waals surface area (Å²) in [5, 5.41) is 3.48. The summed E-state index contributed by atoms with van der Waals surface area (Å²) in [4.78, 5) is 0. The summed E-state index contributed by atoms with van der Waals surface area (Å²) in [6.45, 7) is 4.97. The van der Waals surface area contributed by atoms with Crippen LogP contribution in [0.5, 0.6) is 11.5 Å². The van der Waals surface area contributed by atoms with Crippen molar-refractivity contribution in [2.24, 2.45) is 0 Å². The molecule has 4 heteroatoms. The van der Waals surface area contributed by atoms with Crippen LogP contribution < -0.4 is 14.8 Å². The summed E-state index contributed by atoms with van der Waals surface area (Å²) in [6.07, 6.45) is 4.30. The zero-order chi connectivity index (χ0) is 13.0. The number of rotatable bonds is 7. The molecule has 1 aromatic rings. The van der Waals surface area contributed by atoms with Gasteiger partial charge in [-0.3, -0.25) is 0 Å². The second kappa shape index (κ2) is 6.25. The standard InChI is InChI=1S/C14H18BrNO2/c1-3-6-18-14-12(15)7-10(8-13(14)17-2)9-16-11-4-5-11/h3,7-8,11,16H,1,4-6,9H2,2H3. The van der Waals surface area contributed by atoms with Crippen molar-refractivity contribution in [1.82, 2.24) is 5.32 Å². The minimum absolute atomic E-state index is 0.467. The molecule has 0 aliphatic heterocycles. The van der Waals surface area contributed by atoms with Gasteiger partial charge in [0.2, 0.25) is 0 Å². The van der Waals surface area contributed by atoms with Crippen LogP contribution in [0.1, 0.15) is 18.4 Å². The van der Waals surface area contributed by atoms with E-state index in [2.05, 4.69) is 33.9 Å². The topological polar surface area (TPSA) is 30.5 Å². The molecule has 0 amide bonds. The van der Waals surface area contributed by atoms with Crippen LogP contribution in [0.2, 0.25) is 0 Å². The van der Waals surface area contributed by atoms with Crippen LogP contribution in [0.3, 0.4) is 0 Å². The summed E-state index contributed by atoms with van der Waals surface area (Å²) in [5.74, 6) is 1.48. The van der Waals surface area contributed by atoms with E-state index >= 15 is 0 Å². The monoisotopic (exact) mass is 311 g/mol. The fraction of sp³-hybridized carbons (Fsp3) is 0.429.